The number of aliphatic imine (C=N–C) groups is 1. The first-order valence-electron chi connectivity index (χ1n) is 7.24. The molecule has 0 saturated heterocycles. The van der Waals surface area contributed by atoms with Crippen molar-refractivity contribution >= 4 is 5.71 Å². The van der Waals surface area contributed by atoms with Gasteiger partial charge in [-0.25, -0.2) is 9.36 Å². The number of hydrogen-bond donors (Lipinski definition) is 3. The van der Waals surface area contributed by atoms with Gasteiger partial charge in [-0.1, -0.05) is 18.2 Å². The first-order valence-corrected chi connectivity index (χ1v) is 7.24. The summed E-state index contributed by atoms with van der Waals surface area (Å²) in [4.78, 5) is 30.5. The Morgan fingerprint density at radius 1 is 1.30 bits per heavy atom. The van der Waals surface area contributed by atoms with Gasteiger partial charge in [-0.3, -0.25) is 14.8 Å². The Bertz CT molecular complexity index is 849. The third kappa shape index (κ3) is 3.40. The molecule has 1 aromatic heterocycles. The smallest absolute Gasteiger partial charge is 0.335 e. The van der Waals surface area contributed by atoms with E-state index in [9.17, 15) is 14.7 Å². The highest BCUT2D eigenvalue weighted by Gasteiger charge is 2.18. The van der Waals surface area contributed by atoms with Crippen LogP contribution in [0.15, 0.2) is 38.8 Å². The van der Waals surface area contributed by atoms with E-state index in [1.54, 1.807) is 32.0 Å². The van der Waals surface area contributed by atoms with Crippen LogP contribution >= 0.6 is 0 Å². The fourth-order valence-corrected chi connectivity index (χ4v) is 2.29. The Morgan fingerprint density at radius 2 is 2.00 bits per heavy atom. The fourth-order valence-electron chi connectivity index (χ4n) is 2.29. The van der Waals surface area contributed by atoms with Gasteiger partial charge in [0.1, 0.15) is 5.56 Å². The van der Waals surface area contributed by atoms with E-state index >= 15 is 0 Å². The molecule has 1 aromatic carbocycles. The number of nitrogens with one attached hydrogen (secondary N) is 1. The Hall–Kier alpha value is -2.67. The van der Waals surface area contributed by atoms with Gasteiger partial charge >= 0.3 is 5.69 Å². The van der Waals surface area contributed by atoms with Crippen LogP contribution < -0.4 is 11.2 Å². The van der Waals surface area contributed by atoms with Crippen molar-refractivity contribution in [1.29, 1.82) is 0 Å². The molecule has 0 aliphatic carbocycles. The summed E-state index contributed by atoms with van der Waals surface area (Å²) in [5.74, 6) is -0.446. The molecule has 23 heavy (non-hydrogen) atoms. The van der Waals surface area contributed by atoms with Gasteiger partial charge in [-0.2, -0.15) is 0 Å². The quantitative estimate of drug-likeness (QED) is 0.558. The molecule has 0 aliphatic heterocycles. The zero-order valence-electron chi connectivity index (χ0n) is 13.0. The highest BCUT2D eigenvalue weighted by Crippen LogP contribution is 2.19. The lowest BCUT2D eigenvalue weighted by Gasteiger charge is -2.13. The van der Waals surface area contributed by atoms with Crippen LogP contribution in [-0.4, -0.2) is 38.6 Å². The zero-order valence-corrected chi connectivity index (χ0v) is 13.0. The van der Waals surface area contributed by atoms with Crippen molar-refractivity contribution in [3.8, 4) is 11.6 Å². The van der Waals surface area contributed by atoms with Crippen LogP contribution in [0.25, 0.3) is 5.69 Å². The normalized spacial score (nSPS) is 11.7. The van der Waals surface area contributed by atoms with Gasteiger partial charge in [0, 0.05) is 18.9 Å². The molecule has 3 N–H and O–H groups in total. The van der Waals surface area contributed by atoms with Gasteiger partial charge in [0.2, 0.25) is 5.88 Å². The molecule has 0 amide bonds. The molecule has 0 spiro atoms. The van der Waals surface area contributed by atoms with Gasteiger partial charge in [-0.05, 0) is 31.9 Å². The predicted molar refractivity (Wildman–Crippen MR) is 87.8 cm³/mol. The number of aliphatic hydroxyl groups excluding tert-OH is 1. The summed E-state index contributed by atoms with van der Waals surface area (Å²) in [5.41, 5.74) is 0.107. The molecule has 7 nitrogen and oxygen atoms in total. The van der Waals surface area contributed by atoms with E-state index in [1.165, 1.54) is 0 Å². The van der Waals surface area contributed by atoms with Crippen LogP contribution in [0.1, 0.15) is 24.5 Å². The maximum atomic E-state index is 12.1. The minimum atomic E-state index is -0.714. The maximum absolute atomic E-state index is 12.1. The van der Waals surface area contributed by atoms with Gasteiger partial charge in [-0.15, -0.1) is 0 Å². The zero-order chi connectivity index (χ0) is 17.0. The predicted octanol–water partition coefficient (Wildman–Crippen LogP) is 0.731. The van der Waals surface area contributed by atoms with E-state index in [0.717, 1.165) is 10.1 Å². The second-order valence-electron chi connectivity index (χ2n) is 5.12. The van der Waals surface area contributed by atoms with Crippen molar-refractivity contribution < 1.29 is 10.2 Å². The first kappa shape index (κ1) is 16.7. The van der Waals surface area contributed by atoms with Crippen molar-refractivity contribution in [3.63, 3.8) is 0 Å². The van der Waals surface area contributed by atoms with Crippen LogP contribution in [0.5, 0.6) is 5.88 Å². The molecular formula is C16H19N3O4. The molecule has 1 heterocycles. The first-order chi connectivity index (χ1) is 11.0. The van der Waals surface area contributed by atoms with Gasteiger partial charge in [0.05, 0.1) is 5.69 Å². The Morgan fingerprint density at radius 3 is 2.65 bits per heavy atom. The maximum Gasteiger partial charge on any atom is 0.335 e. The number of H-pyrrole nitrogens is 1. The molecule has 0 fully saturated rings. The monoisotopic (exact) mass is 317 g/mol. The van der Waals surface area contributed by atoms with Gasteiger partial charge < -0.3 is 10.2 Å². The summed E-state index contributed by atoms with van der Waals surface area (Å²) in [6.07, 6.45) is 0.452. The summed E-state index contributed by atoms with van der Waals surface area (Å²) >= 11 is 0. The number of aliphatic hydroxyl groups is 1. The Kier molecular flexibility index (Phi) is 5.13. The van der Waals surface area contributed by atoms with E-state index in [1.807, 2.05) is 6.07 Å². The Labute approximate surface area is 132 Å². The average molecular weight is 317 g/mol. The van der Waals surface area contributed by atoms with E-state index in [4.69, 9.17) is 5.11 Å². The molecule has 2 aromatic rings. The standard InChI is InChI=1S/C16H19N3O4/c1-10-6-3-4-7-12(10)19-15(22)13(14(21)18-16(19)23)11(2)17-8-5-9-20/h3-4,6-7,20,22H,5,8-9H2,1-2H3,(H,18,21,23). The summed E-state index contributed by atoms with van der Waals surface area (Å²) in [6.45, 7) is 3.69. The van der Waals surface area contributed by atoms with Crippen molar-refractivity contribution in [1.82, 2.24) is 9.55 Å². The summed E-state index contributed by atoms with van der Waals surface area (Å²) < 4.78 is 1.05. The number of benzene rings is 1. The van der Waals surface area contributed by atoms with Crippen LogP contribution in [0.3, 0.4) is 0 Å². The van der Waals surface area contributed by atoms with Crippen molar-refractivity contribution in [2.45, 2.75) is 20.3 Å². The molecule has 0 atom stereocenters. The number of nitrogens with zero attached hydrogens (tertiary/aromatic N) is 2. The molecule has 0 radical (unpaired) electrons. The topological polar surface area (TPSA) is 108 Å². The number of rotatable bonds is 5. The molecule has 0 unspecified atom stereocenters. The Balaban J connectivity index is 2.66. The fraction of sp³-hybridized carbons (Fsp3) is 0.312. The van der Waals surface area contributed by atoms with Crippen LogP contribution in [0.4, 0.5) is 0 Å². The summed E-state index contributed by atoms with van der Waals surface area (Å²) in [6, 6.07) is 7.03. The third-order valence-corrected chi connectivity index (χ3v) is 3.47. The number of aryl methyl sites for hydroxylation is 1. The minimum Gasteiger partial charge on any atom is -0.493 e. The lowest BCUT2D eigenvalue weighted by molar-refractivity contribution is 0.291. The van der Waals surface area contributed by atoms with E-state index < -0.39 is 17.1 Å². The summed E-state index contributed by atoms with van der Waals surface area (Å²) in [5, 5.41) is 19.3. The van der Waals surface area contributed by atoms with Gasteiger partial charge in [0.25, 0.3) is 5.56 Å². The van der Waals surface area contributed by atoms with Crippen molar-refractivity contribution in [3.05, 3.63) is 56.2 Å². The van der Waals surface area contributed by atoms with Crippen molar-refractivity contribution in [2.24, 2.45) is 4.99 Å². The van der Waals surface area contributed by atoms with E-state index in [0.29, 0.717) is 24.4 Å². The van der Waals surface area contributed by atoms with Crippen LogP contribution in [0.2, 0.25) is 0 Å². The van der Waals surface area contributed by atoms with Crippen LogP contribution in [0, 0.1) is 6.92 Å². The second kappa shape index (κ2) is 7.06. The average Bonchev–Trinajstić information content (AvgIpc) is 2.49. The third-order valence-electron chi connectivity index (χ3n) is 3.47. The molecular weight excluding hydrogens is 298 g/mol. The molecule has 0 bridgehead atoms. The SMILES string of the molecule is CC(=NCCCO)c1c(O)n(-c2ccccc2C)c(=O)[nH]c1=O. The lowest BCUT2D eigenvalue weighted by atomic mass is 10.1. The summed E-state index contributed by atoms with van der Waals surface area (Å²) in [7, 11) is 0. The molecule has 0 aliphatic rings. The molecule has 122 valence electrons. The lowest BCUT2D eigenvalue weighted by Crippen LogP contribution is -2.33. The highest BCUT2D eigenvalue weighted by atomic mass is 16.3. The van der Waals surface area contributed by atoms with Crippen LogP contribution in [-0.2, 0) is 0 Å². The number of aromatic nitrogens is 2. The van der Waals surface area contributed by atoms with Crippen molar-refractivity contribution in [2.75, 3.05) is 13.2 Å². The van der Waals surface area contributed by atoms with E-state index in [-0.39, 0.29) is 12.2 Å². The highest BCUT2D eigenvalue weighted by molar-refractivity contribution is 6.00. The second-order valence-corrected chi connectivity index (χ2v) is 5.12. The molecule has 0 saturated carbocycles. The number of para-hydroxylation sites is 1. The number of aromatic amines is 1. The molecule has 7 heteroatoms. The molecule has 2 rings (SSSR count). The minimum absolute atomic E-state index is 0.0121. The van der Waals surface area contributed by atoms with Gasteiger partial charge in [0.15, 0.2) is 0 Å². The number of aromatic hydroxyl groups is 1. The number of hydrogen-bond acceptors (Lipinski definition) is 5. The largest absolute Gasteiger partial charge is 0.493 e. The van der Waals surface area contributed by atoms with E-state index in [2.05, 4.69) is 9.98 Å².